The highest BCUT2D eigenvalue weighted by molar-refractivity contribution is 6.31. The number of nitrogens with one attached hydrogen (secondary N) is 1. The van der Waals surface area contributed by atoms with Crippen molar-refractivity contribution < 1.29 is 28.6 Å². The molecule has 2 aromatic rings. The van der Waals surface area contributed by atoms with Crippen molar-refractivity contribution in [3.05, 3.63) is 62.3 Å². The summed E-state index contributed by atoms with van der Waals surface area (Å²) < 4.78 is 23.9. The number of rotatable bonds is 10. The molecule has 58 heavy (non-hydrogen) atoms. The SMILES string of the molecule is CNCCn1c([C@@]23CC[C@]4(C)[C@H](CC[C@@H]5[C@@]6(C)CC[C@H](OC(=O)CC(C)(C)C(=O)O)C(C)(C)[C@@H]6CC[C@]54C)C2=C(C(C)C)C(=O)C3)c(Cl)c(=O)n1-c1ccc(F)cc1. The number of nitrogens with zero attached hydrogens (tertiary/aromatic N) is 2. The molecule has 0 radical (unpaired) electrons. The van der Waals surface area contributed by atoms with Crippen LogP contribution in [0, 0.1) is 56.6 Å². The highest BCUT2D eigenvalue weighted by atomic mass is 35.5. The molecular weight excluding hydrogens is 757 g/mol. The first-order chi connectivity index (χ1) is 27.0. The molecule has 1 aromatic heterocycles. The second-order valence-corrected chi connectivity index (χ2v) is 21.3. The van der Waals surface area contributed by atoms with Crippen molar-refractivity contribution in [2.24, 2.45) is 50.7 Å². The van der Waals surface area contributed by atoms with Gasteiger partial charge in [-0.1, -0.05) is 60.1 Å². The second-order valence-electron chi connectivity index (χ2n) is 21.0. The number of Topliss-reactive ketones (excluding diaryl/α,β-unsaturated/α-hetero) is 1. The molecule has 318 valence electrons. The van der Waals surface area contributed by atoms with E-state index in [2.05, 4.69) is 53.8 Å². The van der Waals surface area contributed by atoms with E-state index in [1.165, 1.54) is 17.7 Å². The van der Waals surface area contributed by atoms with E-state index in [0.29, 0.717) is 42.7 Å². The molecular formula is C47H65ClFN3O6. The van der Waals surface area contributed by atoms with Crippen molar-refractivity contribution in [1.29, 1.82) is 0 Å². The van der Waals surface area contributed by atoms with Crippen molar-refractivity contribution in [1.82, 2.24) is 14.7 Å². The number of fused-ring (bicyclic) bond motifs is 7. The van der Waals surface area contributed by atoms with Gasteiger partial charge in [-0.3, -0.25) is 23.9 Å². The number of benzene rings is 1. The summed E-state index contributed by atoms with van der Waals surface area (Å²) in [6.45, 7) is 20.4. The van der Waals surface area contributed by atoms with Crippen LogP contribution in [-0.4, -0.2) is 51.9 Å². The number of aliphatic carboxylic acids is 1. The number of ketones is 1. The fourth-order valence-electron chi connectivity index (χ4n) is 14.0. The molecule has 5 aliphatic carbocycles. The predicted octanol–water partition coefficient (Wildman–Crippen LogP) is 9.30. The van der Waals surface area contributed by atoms with Crippen molar-refractivity contribution in [2.75, 3.05) is 13.6 Å². The van der Waals surface area contributed by atoms with E-state index >= 15 is 0 Å². The molecule has 5 aliphatic rings. The fourth-order valence-corrected chi connectivity index (χ4v) is 14.3. The molecule has 1 aromatic carbocycles. The predicted molar refractivity (Wildman–Crippen MR) is 224 cm³/mol. The van der Waals surface area contributed by atoms with Crippen LogP contribution < -0.4 is 10.9 Å². The number of ether oxygens (including phenoxy) is 1. The summed E-state index contributed by atoms with van der Waals surface area (Å²) in [4.78, 5) is 53.8. The lowest BCUT2D eigenvalue weighted by molar-refractivity contribution is -0.232. The number of allylic oxidation sites excluding steroid dienone is 2. The van der Waals surface area contributed by atoms with Gasteiger partial charge in [0.15, 0.2) is 5.78 Å². The third-order valence-corrected chi connectivity index (χ3v) is 17.3. The Labute approximate surface area is 348 Å². The molecule has 1 heterocycles. The summed E-state index contributed by atoms with van der Waals surface area (Å²) >= 11 is 7.27. The van der Waals surface area contributed by atoms with Gasteiger partial charge in [0.05, 0.1) is 29.8 Å². The Bertz CT molecular complexity index is 2100. The van der Waals surface area contributed by atoms with E-state index in [9.17, 15) is 28.7 Å². The fraction of sp³-hybridized carbons (Fsp3) is 0.702. The Morgan fingerprint density at radius 1 is 0.966 bits per heavy atom. The number of esters is 1. The molecule has 11 heteroatoms. The average Bonchev–Trinajstić information content (AvgIpc) is 3.58. The zero-order chi connectivity index (χ0) is 42.5. The van der Waals surface area contributed by atoms with E-state index in [1.807, 2.05) is 11.7 Å². The molecule has 0 spiro atoms. The van der Waals surface area contributed by atoms with Crippen molar-refractivity contribution in [3.8, 4) is 5.69 Å². The number of likely N-dealkylation sites (N-methyl/N-ethyl adjacent to an activating group) is 1. The summed E-state index contributed by atoms with van der Waals surface area (Å²) in [7, 11) is 1.87. The normalized spacial score (nSPS) is 34.3. The van der Waals surface area contributed by atoms with Gasteiger partial charge in [0.25, 0.3) is 5.56 Å². The minimum Gasteiger partial charge on any atom is -0.481 e. The first kappa shape index (κ1) is 42.9. The molecule has 8 atom stereocenters. The summed E-state index contributed by atoms with van der Waals surface area (Å²) in [5, 5.41) is 13.0. The van der Waals surface area contributed by atoms with Gasteiger partial charge < -0.3 is 15.2 Å². The van der Waals surface area contributed by atoms with Gasteiger partial charge in [0.1, 0.15) is 16.9 Å². The van der Waals surface area contributed by atoms with Crippen molar-refractivity contribution >= 4 is 29.3 Å². The number of hydrogen-bond donors (Lipinski definition) is 2. The van der Waals surface area contributed by atoms with Crippen LogP contribution in [0.4, 0.5) is 4.39 Å². The maximum absolute atomic E-state index is 14.6. The smallest absolute Gasteiger partial charge is 0.309 e. The zero-order valence-electron chi connectivity index (χ0n) is 36.3. The zero-order valence-corrected chi connectivity index (χ0v) is 37.1. The number of carbonyl (C=O) groups excluding carboxylic acids is 2. The van der Waals surface area contributed by atoms with Crippen molar-refractivity contribution in [2.45, 2.75) is 145 Å². The average molecular weight is 823 g/mol. The van der Waals surface area contributed by atoms with Crippen LogP contribution in [0.25, 0.3) is 5.69 Å². The van der Waals surface area contributed by atoms with E-state index in [4.69, 9.17) is 16.3 Å². The van der Waals surface area contributed by atoms with Crippen LogP contribution in [0.5, 0.6) is 0 Å². The Morgan fingerprint density at radius 3 is 2.26 bits per heavy atom. The number of carbonyl (C=O) groups is 3. The van der Waals surface area contributed by atoms with Crippen LogP contribution >= 0.6 is 11.6 Å². The van der Waals surface area contributed by atoms with Crippen LogP contribution in [0.1, 0.15) is 132 Å². The van der Waals surface area contributed by atoms with Gasteiger partial charge in [-0.25, -0.2) is 9.07 Å². The van der Waals surface area contributed by atoms with Gasteiger partial charge in [0.2, 0.25) is 0 Å². The standard InChI is InChI=1S/C47H65ClFN3O6/c1-27(2)36-31(53)25-47(39-38(48)40(55)52(51(39)24-23-50-10)29-13-11-28(49)12-14-29)22-21-45(8)30(37(36)47)15-16-33-44(7)19-18-34(58-35(54)26-42(3,4)41(56)57)43(5,6)32(44)17-20-46(33,45)9/h11-14,27,30,32-34,50H,15-26H2,1-10H3,(H,56,57)/t30-,32+,33-,34+,44+,45-,46-,47-/m1/s1. The summed E-state index contributed by atoms with van der Waals surface area (Å²) in [5.74, 6) is -0.859. The number of halogens is 2. The molecule has 0 saturated heterocycles. The molecule has 0 aliphatic heterocycles. The van der Waals surface area contributed by atoms with E-state index in [0.717, 1.165) is 50.5 Å². The monoisotopic (exact) mass is 821 g/mol. The summed E-state index contributed by atoms with van der Waals surface area (Å²) in [5.41, 5.74) is 0.572. The maximum Gasteiger partial charge on any atom is 0.309 e. The summed E-state index contributed by atoms with van der Waals surface area (Å²) in [6, 6.07) is 5.93. The van der Waals surface area contributed by atoms with Crippen molar-refractivity contribution in [3.63, 3.8) is 0 Å². The first-order valence-corrected chi connectivity index (χ1v) is 22.0. The molecule has 0 amide bonds. The van der Waals surface area contributed by atoms with E-state index < -0.39 is 22.8 Å². The quantitative estimate of drug-likeness (QED) is 0.229. The van der Waals surface area contributed by atoms with Gasteiger partial charge in [-0.2, -0.15) is 0 Å². The highest BCUT2D eigenvalue weighted by Crippen LogP contribution is 2.77. The van der Waals surface area contributed by atoms with Gasteiger partial charge in [-0.05, 0) is 148 Å². The number of aromatic nitrogens is 2. The van der Waals surface area contributed by atoms with Crippen LogP contribution in [-0.2, 0) is 31.1 Å². The number of hydrogen-bond acceptors (Lipinski definition) is 6. The molecule has 0 bridgehead atoms. The molecule has 4 saturated carbocycles. The Kier molecular flexibility index (Phi) is 10.7. The highest BCUT2D eigenvalue weighted by Gasteiger charge is 2.71. The van der Waals surface area contributed by atoms with E-state index in [-0.39, 0.29) is 74.6 Å². The van der Waals surface area contributed by atoms with Crippen LogP contribution in [0.15, 0.2) is 40.2 Å². The number of carboxylic acids is 1. The lowest BCUT2D eigenvalue weighted by Gasteiger charge is -2.72. The van der Waals surface area contributed by atoms with Gasteiger partial charge in [-0.15, -0.1) is 0 Å². The maximum atomic E-state index is 14.6. The molecule has 4 fully saturated rings. The number of carboxylic acid groups (broad SMARTS) is 1. The van der Waals surface area contributed by atoms with Gasteiger partial charge >= 0.3 is 11.9 Å². The third kappa shape index (κ3) is 6.14. The largest absolute Gasteiger partial charge is 0.481 e. The Morgan fingerprint density at radius 2 is 1.64 bits per heavy atom. The van der Waals surface area contributed by atoms with E-state index in [1.54, 1.807) is 30.7 Å². The molecule has 0 unspecified atom stereocenters. The Balaban J connectivity index is 1.28. The molecule has 2 N–H and O–H groups in total. The minimum atomic E-state index is -1.19. The van der Waals surface area contributed by atoms with Crippen LogP contribution in [0.2, 0.25) is 5.02 Å². The Hall–Kier alpha value is -3.24. The van der Waals surface area contributed by atoms with Gasteiger partial charge in [0, 0.05) is 23.8 Å². The van der Waals surface area contributed by atoms with Crippen LogP contribution in [0.3, 0.4) is 0 Å². The molecule has 9 nitrogen and oxygen atoms in total. The second kappa shape index (κ2) is 14.5. The lowest BCUT2D eigenvalue weighted by atomic mass is 9.33. The summed E-state index contributed by atoms with van der Waals surface area (Å²) in [6.07, 6.45) is 7.02. The first-order valence-electron chi connectivity index (χ1n) is 21.6. The molecule has 7 rings (SSSR count). The minimum absolute atomic E-state index is 0.000749. The lowest BCUT2D eigenvalue weighted by Crippen LogP contribution is -2.66. The topological polar surface area (TPSA) is 120 Å². The third-order valence-electron chi connectivity index (χ3n) is 17.0.